The van der Waals surface area contributed by atoms with Crippen molar-refractivity contribution in [2.45, 2.75) is 32.7 Å². The number of hydrogen-bond acceptors (Lipinski definition) is 1. The third-order valence-corrected chi connectivity index (χ3v) is 3.47. The van der Waals surface area contributed by atoms with Crippen molar-refractivity contribution in [3.05, 3.63) is 33.6 Å². The predicted octanol–water partition coefficient (Wildman–Crippen LogP) is 3.52. The lowest BCUT2D eigenvalue weighted by molar-refractivity contribution is 0.555. The SMILES string of the molecule is Cc1cc(Cl)c(F)c(C2CCCN2)c1C. The van der Waals surface area contributed by atoms with E-state index in [2.05, 4.69) is 5.32 Å². The van der Waals surface area contributed by atoms with Crippen molar-refractivity contribution in [2.75, 3.05) is 6.54 Å². The van der Waals surface area contributed by atoms with Crippen molar-refractivity contribution < 1.29 is 4.39 Å². The van der Waals surface area contributed by atoms with E-state index in [-0.39, 0.29) is 16.9 Å². The Bertz CT molecular complexity index is 357. The topological polar surface area (TPSA) is 12.0 Å². The van der Waals surface area contributed by atoms with E-state index in [1.807, 2.05) is 13.8 Å². The summed E-state index contributed by atoms with van der Waals surface area (Å²) in [6.07, 6.45) is 2.10. The summed E-state index contributed by atoms with van der Waals surface area (Å²) in [4.78, 5) is 0. The average molecular weight is 228 g/mol. The Morgan fingerprint density at radius 2 is 2.20 bits per heavy atom. The second kappa shape index (κ2) is 4.11. The summed E-state index contributed by atoms with van der Waals surface area (Å²) in [5.41, 5.74) is 2.85. The maximum Gasteiger partial charge on any atom is 0.146 e. The number of benzene rings is 1. The standard InChI is InChI=1S/C12H15ClFN/c1-7-6-9(13)12(14)11(8(7)2)10-4-3-5-15-10/h6,10,15H,3-5H2,1-2H3. The molecule has 0 saturated carbocycles. The third-order valence-electron chi connectivity index (χ3n) is 3.19. The van der Waals surface area contributed by atoms with Crippen LogP contribution in [0.1, 0.15) is 35.6 Å². The number of nitrogens with one attached hydrogen (secondary N) is 1. The van der Waals surface area contributed by atoms with Gasteiger partial charge < -0.3 is 5.32 Å². The molecule has 0 bridgehead atoms. The van der Waals surface area contributed by atoms with E-state index in [0.29, 0.717) is 0 Å². The number of halogens is 2. The molecule has 1 atom stereocenters. The minimum absolute atomic E-state index is 0.141. The highest BCUT2D eigenvalue weighted by molar-refractivity contribution is 6.30. The molecule has 2 rings (SSSR count). The van der Waals surface area contributed by atoms with E-state index in [9.17, 15) is 4.39 Å². The summed E-state index contributed by atoms with van der Waals surface area (Å²) in [5, 5.41) is 3.55. The highest BCUT2D eigenvalue weighted by atomic mass is 35.5. The lowest BCUT2D eigenvalue weighted by Crippen LogP contribution is -2.16. The normalized spacial score (nSPS) is 20.9. The van der Waals surface area contributed by atoms with Gasteiger partial charge >= 0.3 is 0 Å². The van der Waals surface area contributed by atoms with Gasteiger partial charge in [-0.2, -0.15) is 0 Å². The predicted molar refractivity (Wildman–Crippen MR) is 60.9 cm³/mol. The van der Waals surface area contributed by atoms with Gasteiger partial charge in [0.05, 0.1) is 5.02 Å². The van der Waals surface area contributed by atoms with Gasteiger partial charge in [-0.3, -0.25) is 0 Å². The van der Waals surface area contributed by atoms with Gasteiger partial charge in [-0.15, -0.1) is 0 Å². The summed E-state index contributed by atoms with van der Waals surface area (Å²) < 4.78 is 13.9. The van der Waals surface area contributed by atoms with E-state index in [1.165, 1.54) is 0 Å². The van der Waals surface area contributed by atoms with Crippen LogP contribution in [-0.4, -0.2) is 6.54 Å². The quantitative estimate of drug-likeness (QED) is 0.774. The van der Waals surface area contributed by atoms with Crippen molar-refractivity contribution in [1.82, 2.24) is 5.32 Å². The molecule has 0 aromatic heterocycles. The maximum absolute atomic E-state index is 13.9. The van der Waals surface area contributed by atoms with Gasteiger partial charge in [-0.1, -0.05) is 11.6 Å². The summed E-state index contributed by atoms with van der Waals surface area (Å²) in [7, 11) is 0. The van der Waals surface area contributed by atoms with Gasteiger partial charge in [0, 0.05) is 11.6 Å². The van der Waals surface area contributed by atoms with Crippen LogP contribution in [0.15, 0.2) is 6.07 Å². The van der Waals surface area contributed by atoms with Gasteiger partial charge in [0.1, 0.15) is 5.82 Å². The molecular formula is C12H15ClFN. The first-order valence-electron chi connectivity index (χ1n) is 5.29. The Morgan fingerprint density at radius 3 is 2.80 bits per heavy atom. The van der Waals surface area contributed by atoms with Gasteiger partial charge in [0.2, 0.25) is 0 Å². The molecule has 1 fully saturated rings. The molecule has 1 aromatic carbocycles. The molecule has 1 aliphatic rings. The van der Waals surface area contributed by atoms with E-state index in [4.69, 9.17) is 11.6 Å². The van der Waals surface area contributed by atoms with Crippen molar-refractivity contribution in [1.29, 1.82) is 0 Å². The first kappa shape index (κ1) is 10.9. The van der Waals surface area contributed by atoms with Gasteiger partial charge in [0.15, 0.2) is 0 Å². The van der Waals surface area contributed by atoms with Gasteiger partial charge in [0.25, 0.3) is 0 Å². The van der Waals surface area contributed by atoms with Crippen molar-refractivity contribution in [2.24, 2.45) is 0 Å². The lowest BCUT2D eigenvalue weighted by Gasteiger charge is -2.17. The fourth-order valence-electron chi connectivity index (χ4n) is 2.21. The smallest absolute Gasteiger partial charge is 0.146 e. The molecule has 0 amide bonds. The minimum atomic E-state index is -0.251. The van der Waals surface area contributed by atoms with Crippen LogP contribution in [0.4, 0.5) is 4.39 Å². The van der Waals surface area contributed by atoms with Crippen LogP contribution in [0.2, 0.25) is 5.02 Å². The van der Waals surface area contributed by atoms with Crippen LogP contribution in [0.3, 0.4) is 0 Å². The van der Waals surface area contributed by atoms with Crippen molar-refractivity contribution in [3.8, 4) is 0 Å². The van der Waals surface area contributed by atoms with Crippen LogP contribution in [0, 0.1) is 19.7 Å². The molecule has 1 saturated heterocycles. The molecule has 1 aliphatic heterocycles. The Labute approximate surface area is 94.6 Å². The van der Waals surface area contributed by atoms with E-state index in [0.717, 1.165) is 36.1 Å². The molecule has 3 heteroatoms. The molecule has 0 aliphatic carbocycles. The number of rotatable bonds is 1. The number of aryl methyl sites for hydroxylation is 1. The van der Waals surface area contributed by atoms with Gasteiger partial charge in [-0.25, -0.2) is 4.39 Å². The second-order valence-electron chi connectivity index (χ2n) is 4.18. The summed E-state index contributed by atoms with van der Waals surface area (Å²) in [5.74, 6) is -0.251. The Morgan fingerprint density at radius 1 is 1.47 bits per heavy atom. The molecule has 15 heavy (non-hydrogen) atoms. The molecule has 1 aromatic rings. The van der Waals surface area contributed by atoms with E-state index < -0.39 is 0 Å². The van der Waals surface area contributed by atoms with Crippen molar-refractivity contribution >= 4 is 11.6 Å². The molecule has 1 nitrogen and oxygen atoms in total. The highest BCUT2D eigenvalue weighted by Gasteiger charge is 2.23. The Kier molecular flexibility index (Phi) is 2.98. The fraction of sp³-hybridized carbons (Fsp3) is 0.500. The molecular weight excluding hydrogens is 213 g/mol. The molecule has 1 unspecified atom stereocenters. The van der Waals surface area contributed by atoms with Crippen LogP contribution in [-0.2, 0) is 0 Å². The monoisotopic (exact) mass is 227 g/mol. The van der Waals surface area contributed by atoms with Crippen molar-refractivity contribution in [3.63, 3.8) is 0 Å². The highest BCUT2D eigenvalue weighted by Crippen LogP contribution is 2.33. The first-order valence-corrected chi connectivity index (χ1v) is 5.67. The van der Waals surface area contributed by atoms with E-state index in [1.54, 1.807) is 6.07 Å². The second-order valence-corrected chi connectivity index (χ2v) is 4.58. The largest absolute Gasteiger partial charge is 0.310 e. The zero-order valence-electron chi connectivity index (χ0n) is 9.03. The Balaban J connectivity index is 2.52. The fourth-order valence-corrected chi connectivity index (χ4v) is 2.48. The molecule has 1 N–H and O–H groups in total. The Hall–Kier alpha value is -0.600. The maximum atomic E-state index is 13.9. The summed E-state index contributed by atoms with van der Waals surface area (Å²) in [6.45, 7) is 4.90. The van der Waals surface area contributed by atoms with E-state index >= 15 is 0 Å². The van der Waals surface area contributed by atoms with Crippen LogP contribution in [0.5, 0.6) is 0 Å². The van der Waals surface area contributed by atoms with Crippen LogP contribution in [0.25, 0.3) is 0 Å². The zero-order chi connectivity index (χ0) is 11.0. The molecule has 82 valence electrons. The third kappa shape index (κ3) is 1.88. The molecule has 1 heterocycles. The molecule has 0 radical (unpaired) electrons. The van der Waals surface area contributed by atoms with Gasteiger partial charge in [-0.05, 0) is 50.4 Å². The van der Waals surface area contributed by atoms with Crippen LogP contribution < -0.4 is 5.32 Å². The summed E-state index contributed by atoms with van der Waals surface area (Å²) >= 11 is 5.87. The average Bonchev–Trinajstić information content (AvgIpc) is 2.69. The molecule has 0 spiro atoms. The first-order chi connectivity index (χ1) is 7.11. The number of hydrogen-bond donors (Lipinski definition) is 1. The zero-order valence-corrected chi connectivity index (χ0v) is 9.79. The minimum Gasteiger partial charge on any atom is -0.310 e. The lowest BCUT2D eigenvalue weighted by atomic mass is 9.96. The summed E-state index contributed by atoms with van der Waals surface area (Å²) in [6, 6.07) is 1.84. The van der Waals surface area contributed by atoms with Crippen LogP contribution >= 0.6 is 11.6 Å².